The number of likely N-dealkylation sites (tertiary alicyclic amines) is 2. The smallest absolute Gasteiger partial charge is 0.254 e. The lowest BCUT2D eigenvalue weighted by molar-refractivity contribution is -0.134. The Hall–Kier alpha value is -3.22. The Morgan fingerprint density at radius 3 is 2.58 bits per heavy atom. The summed E-state index contributed by atoms with van der Waals surface area (Å²) in [6.07, 6.45) is 2.09. The van der Waals surface area contributed by atoms with Crippen molar-refractivity contribution < 1.29 is 23.8 Å². The maximum Gasteiger partial charge on any atom is 0.254 e. The van der Waals surface area contributed by atoms with Crippen LogP contribution in [0.2, 0.25) is 0 Å². The van der Waals surface area contributed by atoms with Gasteiger partial charge in [-0.25, -0.2) is 0 Å². The van der Waals surface area contributed by atoms with Gasteiger partial charge in [0.2, 0.25) is 12.7 Å². The Labute approximate surface area is 181 Å². The van der Waals surface area contributed by atoms with Gasteiger partial charge in [0.25, 0.3) is 5.91 Å². The van der Waals surface area contributed by atoms with Crippen molar-refractivity contribution in [3.8, 4) is 17.2 Å². The first-order valence-electron chi connectivity index (χ1n) is 10.8. The van der Waals surface area contributed by atoms with Crippen LogP contribution in [0.1, 0.15) is 34.7 Å². The molecular formula is C24H26N2O5. The van der Waals surface area contributed by atoms with E-state index in [0.29, 0.717) is 30.2 Å². The van der Waals surface area contributed by atoms with E-state index in [4.69, 9.17) is 14.2 Å². The van der Waals surface area contributed by atoms with Crippen molar-refractivity contribution in [1.29, 1.82) is 0 Å². The Morgan fingerprint density at radius 1 is 0.968 bits per heavy atom. The molecule has 0 radical (unpaired) electrons. The molecule has 31 heavy (non-hydrogen) atoms. The number of hydrogen-bond acceptors (Lipinski definition) is 5. The second-order valence-corrected chi connectivity index (χ2v) is 8.30. The highest BCUT2D eigenvalue weighted by atomic mass is 16.7. The van der Waals surface area contributed by atoms with E-state index in [0.717, 1.165) is 37.2 Å². The van der Waals surface area contributed by atoms with Gasteiger partial charge >= 0.3 is 0 Å². The van der Waals surface area contributed by atoms with Crippen molar-refractivity contribution in [3.63, 3.8) is 0 Å². The highest BCUT2D eigenvalue weighted by Gasteiger charge is 2.42. The zero-order valence-electron chi connectivity index (χ0n) is 17.6. The molecule has 3 heterocycles. The third-order valence-electron chi connectivity index (χ3n) is 6.48. The van der Waals surface area contributed by atoms with Crippen molar-refractivity contribution in [1.82, 2.24) is 9.80 Å². The van der Waals surface area contributed by atoms with Crippen molar-refractivity contribution in [2.75, 3.05) is 40.1 Å². The minimum absolute atomic E-state index is 0.0684. The molecule has 2 fully saturated rings. The van der Waals surface area contributed by atoms with Crippen molar-refractivity contribution in [3.05, 3.63) is 53.6 Å². The first-order chi connectivity index (χ1) is 15.1. The number of ether oxygens (including phenoxy) is 3. The first kappa shape index (κ1) is 19.7. The van der Waals surface area contributed by atoms with Gasteiger partial charge in [0, 0.05) is 37.7 Å². The number of rotatable bonds is 4. The van der Waals surface area contributed by atoms with Gasteiger partial charge in [-0.1, -0.05) is 12.1 Å². The molecule has 3 aliphatic rings. The van der Waals surface area contributed by atoms with Crippen molar-refractivity contribution >= 4 is 11.8 Å². The van der Waals surface area contributed by atoms with E-state index in [-0.39, 0.29) is 30.4 Å². The van der Waals surface area contributed by atoms with E-state index < -0.39 is 0 Å². The molecule has 0 aromatic heterocycles. The van der Waals surface area contributed by atoms with Crippen LogP contribution in [0.5, 0.6) is 17.2 Å². The molecule has 2 atom stereocenters. The van der Waals surface area contributed by atoms with Crippen LogP contribution in [-0.2, 0) is 4.79 Å². The summed E-state index contributed by atoms with van der Waals surface area (Å²) in [4.78, 5) is 30.4. The van der Waals surface area contributed by atoms with Gasteiger partial charge in [0.15, 0.2) is 11.5 Å². The Morgan fingerprint density at radius 2 is 1.77 bits per heavy atom. The predicted octanol–water partition coefficient (Wildman–Crippen LogP) is 2.90. The van der Waals surface area contributed by atoms with E-state index in [9.17, 15) is 9.59 Å². The molecule has 7 nitrogen and oxygen atoms in total. The molecule has 2 aromatic rings. The van der Waals surface area contributed by atoms with Gasteiger partial charge in [-0.2, -0.15) is 0 Å². The van der Waals surface area contributed by atoms with Gasteiger partial charge in [-0.3, -0.25) is 9.59 Å². The van der Waals surface area contributed by atoms with Gasteiger partial charge in [-0.05, 0) is 48.7 Å². The minimum atomic E-state index is -0.261. The third kappa shape index (κ3) is 3.69. The van der Waals surface area contributed by atoms with Crippen molar-refractivity contribution in [2.24, 2.45) is 5.92 Å². The van der Waals surface area contributed by atoms with Crippen LogP contribution in [0.15, 0.2) is 42.5 Å². The molecule has 3 aliphatic heterocycles. The number of methoxy groups -OCH3 is 1. The summed E-state index contributed by atoms with van der Waals surface area (Å²) in [6, 6.07) is 13.1. The number of carbonyl (C=O) groups is 2. The van der Waals surface area contributed by atoms with E-state index in [1.54, 1.807) is 30.2 Å². The standard InChI is InChI=1S/C24H26N2O5/c1-29-18-6-4-5-16(11-18)19-13-26(14-20(19)24(28)25-9-2-3-10-25)23(27)17-7-8-21-22(12-17)31-15-30-21/h4-8,11-12,19-20H,2-3,9-10,13-15H2,1H3. The van der Waals surface area contributed by atoms with Crippen LogP contribution in [0.3, 0.4) is 0 Å². The molecule has 5 rings (SSSR count). The van der Waals surface area contributed by atoms with E-state index in [1.807, 2.05) is 29.2 Å². The maximum absolute atomic E-state index is 13.4. The molecule has 2 unspecified atom stereocenters. The Bertz CT molecular complexity index is 1000. The minimum Gasteiger partial charge on any atom is -0.497 e. The highest BCUT2D eigenvalue weighted by molar-refractivity contribution is 5.96. The summed E-state index contributed by atoms with van der Waals surface area (Å²) in [5.74, 6) is 1.71. The molecule has 7 heteroatoms. The molecule has 0 spiro atoms. The quantitative estimate of drug-likeness (QED) is 0.758. The average Bonchev–Trinajstić information content (AvgIpc) is 3.58. The zero-order chi connectivity index (χ0) is 21.4. The molecule has 2 amide bonds. The number of nitrogens with zero attached hydrogens (tertiary/aromatic N) is 2. The monoisotopic (exact) mass is 422 g/mol. The Balaban J connectivity index is 1.43. The summed E-state index contributed by atoms with van der Waals surface area (Å²) in [5, 5.41) is 0. The molecule has 0 bridgehead atoms. The fourth-order valence-electron chi connectivity index (χ4n) is 4.81. The number of benzene rings is 2. The number of fused-ring (bicyclic) bond motifs is 1. The Kier molecular flexibility index (Phi) is 5.18. The first-order valence-corrected chi connectivity index (χ1v) is 10.8. The summed E-state index contributed by atoms with van der Waals surface area (Å²) in [6.45, 7) is 2.67. The predicted molar refractivity (Wildman–Crippen MR) is 114 cm³/mol. The molecule has 0 saturated carbocycles. The summed E-state index contributed by atoms with van der Waals surface area (Å²) in [7, 11) is 1.64. The number of hydrogen-bond donors (Lipinski definition) is 0. The highest BCUT2D eigenvalue weighted by Crippen LogP contribution is 2.38. The maximum atomic E-state index is 13.4. The molecule has 0 N–H and O–H groups in total. The van der Waals surface area contributed by atoms with Crippen LogP contribution in [0.25, 0.3) is 0 Å². The second-order valence-electron chi connectivity index (χ2n) is 8.30. The molecule has 0 aliphatic carbocycles. The van der Waals surface area contributed by atoms with Gasteiger partial charge < -0.3 is 24.0 Å². The van der Waals surface area contributed by atoms with Crippen LogP contribution in [0.4, 0.5) is 0 Å². The zero-order valence-corrected chi connectivity index (χ0v) is 17.6. The van der Waals surface area contributed by atoms with Gasteiger partial charge in [-0.15, -0.1) is 0 Å². The van der Waals surface area contributed by atoms with Crippen LogP contribution < -0.4 is 14.2 Å². The summed E-state index contributed by atoms with van der Waals surface area (Å²) in [5.41, 5.74) is 1.57. The largest absolute Gasteiger partial charge is 0.497 e. The summed E-state index contributed by atoms with van der Waals surface area (Å²) < 4.78 is 16.2. The SMILES string of the molecule is COc1cccc(C2CN(C(=O)c3ccc4c(c3)OCO4)CC2C(=O)N2CCCC2)c1. The average molecular weight is 422 g/mol. The lowest BCUT2D eigenvalue weighted by atomic mass is 9.88. The summed E-state index contributed by atoms with van der Waals surface area (Å²) >= 11 is 0. The normalized spacial score (nSPS) is 22.1. The van der Waals surface area contributed by atoms with E-state index in [2.05, 4.69) is 0 Å². The second kappa shape index (κ2) is 8.13. The topological polar surface area (TPSA) is 68.3 Å². The van der Waals surface area contributed by atoms with Gasteiger partial charge in [0.1, 0.15) is 5.75 Å². The lowest BCUT2D eigenvalue weighted by Gasteiger charge is -2.24. The molecule has 162 valence electrons. The van der Waals surface area contributed by atoms with Crippen LogP contribution >= 0.6 is 0 Å². The van der Waals surface area contributed by atoms with Crippen molar-refractivity contribution in [2.45, 2.75) is 18.8 Å². The number of carbonyl (C=O) groups excluding carboxylic acids is 2. The van der Waals surface area contributed by atoms with Crippen LogP contribution in [-0.4, -0.2) is 61.7 Å². The molecular weight excluding hydrogens is 396 g/mol. The molecule has 2 aromatic carbocycles. The van der Waals surface area contributed by atoms with Gasteiger partial charge in [0.05, 0.1) is 13.0 Å². The fourth-order valence-corrected chi connectivity index (χ4v) is 4.81. The fraction of sp³-hybridized carbons (Fsp3) is 0.417. The van der Waals surface area contributed by atoms with Crippen LogP contribution in [0, 0.1) is 5.92 Å². The lowest BCUT2D eigenvalue weighted by Crippen LogP contribution is -2.37. The van der Waals surface area contributed by atoms with E-state index in [1.165, 1.54) is 0 Å². The third-order valence-corrected chi connectivity index (χ3v) is 6.48. The molecule has 2 saturated heterocycles. The van der Waals surface area contributed by atoms with E-state index >= 15 is 0 Å². The number of amides is 2.